The fraction of sp³-hybridized carbons (Fsp3) is 0.562. The Kier molecular flexibility index (Phi) is 7.71. The van der Waals surface area contributed by atoms with Crippen LogP contribution in [0, 0.1) is 0 Å². The van der Waals surface area contributed by atoms with E-state index in [-0.39, 0.29) is 0 Å². The van der Waals surface area contributed by atoms with E-state index in [2.05, 4.69) is 6.92 Å². The predicted octanol–water partition coefficient (Wildman–Crippen LogP) is 4.73. The van der Waals surface area contributed by atoms with Crippen molar-refractivity contribution in [1.29, 1.82) is 0 Å². The molecule has 0 saturated carbocycles. The third-order valence-corrected chi connectivity index (χ3v) is 3.01. The maximum Gasteiger partial charge on any atom is 0.513 e. The molecule has 0 heterocycles. The van der Waals surface area contributed by atoms with Gasteiger partial charge in [0, 0.05) is 0 Å². The first-order chi connectivity index (χ1) is 9.27. The lowest BCUT2D eigenvalue weighted by Crippen LogP contribution is -2.12. The van der Waals surface area contributed by atoms with Crippen LogP contribution < -0.4 is 4.74 Å². The maximum absolute atomic E-state index is 11.5. The van der Waals surface area contributed by atoms with Gasteiger partial charge < -0.3 is 9.47 Å². The van der Waals surface area contributed by atoms with Gasteiger partial charge >= 0.3 is 6.16 Å². The fourth-order valence-electron chi connectivity index (χ4n) is 1.88. The Labute approximate surface area is 115 Å². The number of carbonyl (C=O) groups is 1. The highest BCUT2D eigenvalue weighted by Gasteiger charge is 2.08. The van der Waals surface area contributed by atoms with Crippen LogP contribution in [0.3, 0.4) is 0 Å². The maximum atomic E-state index is 11.5. The van der Waals surface area contributed by atoms with E-state index in [9.17, 15) is 4.79 Å². The molecule has 0 bridgehead atoms. The zero-order valence-electron chi connectivity index (χ0n) is 12.0. The largest absolute Gasteiger partial charge is 0.513 e. The molecule has 3 heteroatoms. The molecule has 0 aliphatic rings. The highest BCUT2D eigenvalue weighted by atomic mass is 16.7. The Bertz CT molecular complexity index is 374. The molecule has 0 N–H and O–H groups in total. The molecular formula is C16H24O3. The van der Waals surface area contributed by atoms with E-state index >= 15 is 0 Å². The first-order valence-corrected chi connectivity index (χ1v) is 7.20. The molecule has 1 aromatic carbocycles. The number of aryl methyl sites for hydroxylation is 1. The van der Waals surface area contributed by atoms with E-state index in [0.29, 0.717) is 12.4 Å². The van der Waals surface area contributed by atoms with Crippen LogP contribution in [0.25, 0.3) is 0 Å². The van der Waals surface area contributed by atoms with Crippen molar-refractivity contribution in [2.75, 3.05) is 6.61 Å². The van der Waals surface area contributed by atoms with Crippen molar-refractivity contribution in [1.82, 2.24) is 0 Å². The van der Waals surface area contributed by atoms with Gasteiger partial charge in [0.1, 0.15) is 5.75 Å². The van der Waals surface area contributed by atoms with Gasteiger partial charge in [0.15, 0.2) is 0 Å². The number of hydrogen-bond donors (Lipinski definition) is 0. The summed E-state index contributed by atoms with van der Waals surface area (Å²) in [6, 6.07) is 7.53. The third-order valence-electron chi connectivity index (χ3n) is 3.01. The van der Waals surface area contributed by atoms with Gasteiger partial charge in [0.05, 0.1) is 6.61 Å². The molecule has 3 nitrogen and oxygen atoms in total. The molecule has 0 saturated heterocycles. The topological polar surface area (TPSA) is 35.5 Å². The summed E-state index contributed by atoms with van der Waals surface area (Å²) in [5.41, 5.74) is 1.02. The van der Waals surface area contributed by atoms with E-state index in [1.165, 1.54) is 19.3 Å². The van der Waals surface area contributed by atoms with Crippen LogP contribution in [0.15, 0.2) is 24.3 Å². The second kappa shape index (κ2) is 9.42. The van der Waals surface area contributed by atoms with Gasteiger partial charge in [-0.2, -0.15) is 0 Å². The third kappa shape index (κ3) is 6.27. The molecular weight excluding hydrogens is 240 g/mol. The van der Waals surface area contributed by atoms with E-state index < -0.39 is 6.16 Å². The van der Waals surface area contributed by atoms with Crippen LogP contribution >= 0.6 is 0 Å². The van der Waals surface area contributed by atoms with E-state index in [4.69, 9.17) is 9.47 Å². The monoisotopic (exact) mass is 264 g/mol. The molecule has 0 atom stereocenters. The van der Waals surface area contributed by atoms with Crippen molar-refractivity contribution < 1.29 is 14.3 Å². The lowest BCUT2D eigenvalue weighted by molar-refractivity contribution is 0.0970. The normalized spacial score (nSPS) is 10.2. The molecule has 0 radical (unpaired) electrons. The van der Waals surface area contributed by atoms with Crippen molar-refractivity contribution in [3.05, 3.63) is 29.8 Å². The molecule has 0 unspecified atom stereocenters. The van der Waals surface area contributed by atoms with Crippen molar-refractivity contribution in [2.24, 2.45) is 0 Å². The first-order valence-electron chi connectivity index (χ1n) is 7.20. The summed E-state index contributed by atoms with van der Waals surface area (Å²) in [5, 5.41) is 0. The van der Waals surface area contributed by atoms with Crippen LogP contribution in [-0.2, 0) is 11.2 Å². The van der Waals surface area contributed by atoms with Crippen molar-refractivity contribution in [3.8, 4) is 5.75 Å². The summed E-state index contributed by atoms with van der Waals surface area (Å²) in [7, 11) is 0. The number of rotatable bonds is 8. The Hall–Kier alpha value is -1.51. The van der Waals surface area contributed by atoms with E-state index in [1.54, 1.807) is 6.07 Å². The van der Waals surface area contributed by atoms with Crippen LogP contribution in [0.1, 0.15) is 51.5 Å². The number of unbranched alkanes of at least 4 members (excludes halogenated alkanes) is 4. The predicted molar refractivity (Wildman–Crippen MR) is 76.6 cm³/mol. The highest BCUT2D eigenvalue weighted by molar-refractivity contribution is 5.64. The lowest BCUT2D eigenvalue weighted by atomic mass is 10.1. The zero-order chi connectivity index (χ0) is 13.9. The second-order valence-corrected chi connectivity index (χ2v) is 4.58. The Morgan fingerprint density at radius 1 is 1.05 bits per heavy atom. The molecule has 0 aromatic heterocycles. The van der Waals surface area contributed by atoms with Crippen LogP contribution in [0.2, 0.25) is 0 Å². The lowest BCUT2D eigenvalue weighted by Gasteiger charge is -2.08. The highest BCUT2D eigenvalue weighted by Crippen LogP contribution is 2.18. The summed E-state index contributed by atoms with van der Waals surface area (Å²) in [5.74, 6) is 0.598. The van der Waals surface area contributed by atoms with Gasteiger partial charge in [-0.05, 0) is 24.5 Å². The van der Waals surface area contributed by atoms with Crippen molar-refractivity contribution >= 4 is 6.16 Å². The molecule has 0 aliphatic carbocycles. The van der Waals surface area contributed by atoms with Crippen LogP contribution in [0.4, 0.5) is 4.79 Å². The zero-order valence-corrected chi connectivity index (χ0v) is 12.0. The molecule has 0 amide bonds. The number of benzene rings is 1. The average Bonchev–Trinajstić information content (AvgIpc) is 2.43. The van der Waals surface area contributed by atoms with E-state index in [0.717, 1.165) is 24.8 Å². The summed E-state index contributed by atoms with van der Waals surface area (Å²) in [6.45, 7) is 4.65. The number of para-hydroxylation sites is 1. The molecule has 0 fully saturated rings. The molecule has 1 aromatic rings. The summed E-state index contributed by atoms with van der Waals surface area (Å²) >= 11 is 0. The molecule has 0 aliphatic heterocycles. The van der Waals surface area contributed by atoms with Gasteiger partial charge in [-0.25, -0.2) is 4.79 Å². The van der Waals surface area contributed by atoms with Crippen LogP contribution in [0.5, 0.6) is 5.75 Å². The quantitative estimate of drug-likeness (QED) is 0.386. The smallest absolute Gasteiger partial charge is 0.434 e. The first kappa shape index (κ1) is 15.5. The Balaban J connectivity index is 2.23. The Morgan fingerprint density at radius 2 is 1.79 bits per heavy atom. The minimum Gasteiger partial charge on any atom is -0.434 e. The van der Waals surface area contributed by atoms with Crippen LogP contribution in [-0.4, -0.2) is 12.8 Å². The minimum absolute atomic E-state index is 0.441. The fourth-order valence-corrected chi connectivity index (χ4v) is 1.88. The van der Waals surface area contributed by atoms with Gasteiger partial charge in [-0.15, -0.1) is 0 Å². The van der Waals surface area contributed by atoms with Gasteiger partial charge in [0.2, 0.25) is 0 Å². The second-order valence-electron chi connectivity index (χ2n) is 4.58. The molecule has 1 rings (SSSR count). The number of hydrogen-bond acceptors (Lipinski definition) is 3. The SMILES string of the molecule is CCCCCCCOC(=O)Oc1ccccc1CC. The van der Waals surface area contributed by atoms with Crippen molar-refractivity contribution in [3.63, 3.8) is 0 Å². The molecule has 19 heavy (non-hydrogen) atoms. The average molecular weight is 264 g/mol. The van der Waals surface area contributed by atoms with Gasteiger partial charge in [0.25, 0.3) is 0 Å². The number of ether oxygens (including phenoxy) is 2. The van der Waals surface area contributed by atoms with Gasteiger partial charge in [-0.3, -0.25) is 0 Å². The van der Waals surface area contributed by atoms with Crippen molar-refractivity contribution in [2.45, 2.75) is 52.4 Å². The number of carbonyl (C=O) groups excluding carboxylic acids is 1. The summed E-state index contributed by atoms with van der Waals surface area (Å²) in [4.78, 5) is 11.5. The van der Waals surface area contributed by atoms with Gasteiger partial charge in [-0.1, -0.05) is 57.7 Å². The summed E-state index contributed by atoms with van der Waals surface area (Å²) < 4.78 is 10.3. The Morgan fingerprint density at radius 3 is 2.53 bits per heavy atom. The van der Waals surface area contributed by atoms with E-state index in [1.807, 2.05) is 25.1 Å². The minimum atomic E-state index is -0.601. The standard InChI is InChI=1S/C16H24O3/c1-3-5-6-7-10-13-18-16(17)19-15-12-9-8-11-14(15)4-2/h8-9,11-12H,3-7,10,13H2,1-2H3. The molecule has 0 spiro atoms. The summed E-state index contributed by atoms with van der Waals surface area (Å²) in [6.07, 6.45) is 5.91. The molecule has 106 valence electrons.